The lowest BCUT2D eigenvalue weighted by molar-refractivity contribution is 0.342. The van der Waals surface area contributed by atoms with Crippen molar-refractivity contribution >= 4 is 0 Å². The Bertz CT molecular complexity index is 263. The summed E-state index contributed by atoms with van der Waals surface area (Å²) in [7, 11) is 0. The summed E-state index contributed by atoms with van der Waals surface area (Å²) >= 11 is 0. The van der Waals surface area contributed by atoms with E-state index in [0.717, 1.165) is 0 Å². The Morgan fingerprint density at radius 2 is 0.833 bits per heavy atom. The van der Waals surface area contributed by atoms with Crippen LogP contribution in [0.1, 0.15) is 136 Å². The Hall–Kier alpha value is -0.440. The van der Waals surface area contributed by atoms with Crippen molar-refractivity contribution in [2.75, 3.05) is 0 Å². The summed E-state index contributed by atoms with van der Waals surface area (Å²) in [4.78, 5) is 0. The molecule has 0 aromatic carbocycles. The minimum Gasteiger partial charge on any atom is -0.120 e. The van der Waals surface area contributed by atoms with E-state index in [0.29, 0.717) is 0 Å². The SMILES string of the molecule is C#CC(C)(CCCCCCCCCC)CCCCCCCCCC. The quantitative estimate of drug-likeness (QED) is 0.174. The lowest BCUT2D eigenvalue weighted by Crippen LogP contribution is -2.13. The molecule has 24 heavy (non-hydrogen) atoms. The van der Waals surface area contributed by atoms with E-state index in [1.54, 1.807) is 0 Å². The second-order valence-corrected chi connectivity index (χ2v) is 8.15. The Kier molecular flexibility index (Phi) is 17.1. The molecule has 0 bridgehead atoms. The molecule has 142 valence electrons. The van der Waals surface area contributed by atoms with Crippen molar-refractivity contribution in [3.8, 4) is 12.3 Å². The molecule has 0 saturated heterocycles. The average molecular weight is 335 g/mol. The predicted octanol–water partition coefficient (Wildman–Crippen LogP) is 8.69. The minimum atomic E-state index is 0.157. The van der Waals surface area contributed by atoms with E-state index in [2.05, 4.69) is 26.7 Å². The Balaban J connectivity index is 3.54. The van der Waals surface area contributed by atoms with Crippen LogP contribution in [-0.4, -0.2) is 0 Å². The molecule has 0 amide bonds. The van der Waals surface area contributed by atoms with Crippen LogP contribution in [0, 0.1) is 17.8 Å². The van der Waals surface area contributed by atoms with Gasteiger partial charge in [-0.3, -0.25) is 0 Å². The summed E-state index contributed by atoms with van der Waals surface area (Å²) in [5, 5.41) is 0. The molecule has 0 rings (SSSR count). The van der Waals surface area contributed by atoms with Crippen LogP contribution < -0.4 is 0 Å². The fraction of sp³-hybridized carbons (Fsp3) is 0.917. The highest BCUT2D eigenvalue weighted by Gasteiger charge is 2.19. The Labute approximate surface area is 154 Å². The topological polar surface area (TPSA) is 0 Å². The summed E-state index contributed by atoms with van der Waals surface area (Å²) < 4.78 is 0. The standard InChI is InChI=1S/C24H46/c1-5-8-10-12-14-16-18-20-22-24(4,7-3)23-21-19-17-15-13-11-9-6-2/h3H,5-6,8-23H2,1-2,4H3. The minimum absolute atomic E-state index is 0.157. The van der Waals surface area contributed by atoms with Gasteiger partial charge in [0.15, 0.2) is 0 Å². The third-order valence-electron chi connectivity index (χ3n) is 5.51. The summed E-state index contributed by atoms with van der Waals surface area (Å²) in [5.41, 5.74) is 0.157. The van der Waals surface area contributed by atoms with Gasteiger partial charge < -0.3 is 0 Å². The molecule has 0 unspecified atom stereocenters. The van der Waals surface area contributed by atoms with E-state index in [1.807, 2.05) is 0 Å². The molecule has 0 aliphatic heterocycles. The first-order valence-electron chi connectivity index (χ1n) is 11.2. The Morgan fingerprint density at radius 1 is 0.542 bits per heavy atom. The lowest BCUT2D eigenvalue weighted by atomic mass is 9.80. The van der Waals surface area contributed by atoms with Crippen molar-refractivity contribution in [2.45, 2.75) is 136 Å². The van der Waals surface area contributed by atoms with Gasteiger partial charge in [-0.05, 0) is 19.8 Å². The molecule has 0 heteroatoms. The summed E-state index contributed by atoms with van der Waals surface area (Å²) in [6.45, 7) is 6.88. The molecule has 0 atom stereocenters. The van der Waals surface area contributed by atoms with E-state index in [4.69, 9.17) is 6.42 Å². The molecule has 0 N–H and O–H groups in total. The number of terminal acetylenes is 1. The molecule has 0 spiro atoms. The maximum atomic E-state index is 5.85. The lowest BCUT2D eigenvalue weighted by Gasteiger charge is -2.23. The van der Waals surface area contributed by atoms with Gasteiger partial charge in [0.25, 0.3) is 0 Å². The summed E-state index contributed by atoms with van der Waals surface area (Å²) in [6.07, 6.45) is 30.6. The molecular weight excluding hydrogens is 288 g/mol. The van der Waals surface area contributed by atoms with Crippen LogP contribution >= 0.6 is 0 Å². The summed E-state index contributed by atoms with van der Waals surface area (Å²) in [5.74, 6) is 3.12. The fourth-order valence-corrected chi connectivity index (χ4v) is 3.57. The van der Waals surface area contributed by atoms with Crippen molar-refractivity contribution in [3.63, 3.8) is 0 Å². The maximum Gasteiger partial charge on any atom is 0.0284 e. The molecule has 0 saturated carbocycles. The third-order valence-corrected chi connectivity index (χ3v) is 5.51. The van der Waals surface area contributed by atoms with Gasteiger partial charge in [-0.2, -0.15) is 0 Å². The largest absolute Gasteiger partial charge is 0.120 e. The maximum absolute atomic E-state index is 5.85. The molecule has 0 heterocycles. The number of hydrogen-bond acceptors (Lipinski definition) is 0. The van der Waals surface area contributed by atoms with E-state index in [9.17, 15) is 0 Å². The van der Waals surface area contributed by atoms with Crippen LogP contribution in [0.2, 0.25) is 0 Å². The van der Waals surface area contributed by atoms with Crippen molar-refractivity contribution in [1.29, 1.82) is 0 Å². The summed E-state index contributed by atoms with van der Waals surface area (Å²) in [6, 6.07) is 0. The van der Waals surface area contributed by atoms with Crippen LogP contribution in [0.4, 0.5) is 0 Å². The molecule has 0 fully saturated rings. The second-order valence-electron chi connectivity index (χ2n) is 8.15. The van der Waals surface area contributed by atoms with Gasteiger partial charge in [-0.25, -0.2) is 0 Å². The van der Waals surface area contributed by atoms with Crippen LogP contribution in [0.15, 0.2) is 0 Å². The highest BCUT2D eigenvalue weighted by Crippen LogP contribution is 2.30. The Morgan fingerprint density at radius 3 is 1.12 bits per heavy atom. The predicted molar refractivity (Wildman–Crippen MR) is 111 cm³/mol. The second kappa shape index (κ2) is 17.4. The molecular formula is C24H46. The van der Waals surface area contributed by atoms with Crippen LogP contribution in [0.25, 0.3) is 0 Å². The van der Waals surface area contributed by atoms with Crippen molar-refractivity contribution in [3.05, 3.63) is 0 Å². The average Bonchev–Trinajstić information content (AvgIpc) is 2.59. The van der Waals surface area contributed by atoms with Crippen molar-refractivity contribution in [1.82, 2.24) is 0 Å². The smallest absolute Gasteiger partial charge is 0.0284 e. The normalized spacial score (nSPS) is 11.6. The zero-order chi connectivity index (χ0) is 17.9. The monoisotopic (exact) mass is 334 g/mol. The number of hydrogen-bond donors (Lipinski definition) is 0. The highest BCUT2D eigenvalue weighted by atomic mass is 14.2. The van der Waals surface area contributed by atoms with Gasteiger partial charge in [-0.1, -0.05) is 117 Å². The van der Waals surface area contributed by atoms with E-state index in [1.165, 1.54) is 116 Å². The molecule has 0 aromatic heterocycles. The molecule has 0 aliphatic rings. The zero-order valence-electron chi connectivity index (χ0n) is 17.3. The van der Waals surface area contributed by atoms with Gasteiger partial charge >= 0.3 is 0 Å². The van der Waals surface area contributed by atoms with Crippen LogP contribution in [0.5, 0.6) is 0 Å². The van der Waals surface area contributed by atoms with Crippen molar-refractivity contribution in [2.24, 2.45) is 5.41 Å². The number of unbranched alkanes of at least 4 members (excludes halogenated alkanes) is 14. The van der Waals surface area contributed by atoms with E-state index >= 15 is 0 Å². The molecule has 0 aliphatic carbocycles. The van der Waals surface area contributed by atoms with Crippen LogP contribution in [0.3, 0.4) is 0 Å². The van der Waals surface area contributed by atoms with Gasteiger partial charge in [0, 0.05) is 5.41 Å². The third kappa shape index (κ3) is 15.1. The van der Waals surface area contributed by atoms with Gasteiger partial charge in [0.1, 0.15) is 0 Å². The first-order valence-corrected chi connectivity index (χ1v) is 11.2. The molecule has 0 radical (unpaired) electrons. The number of rotatable bonds is 18. The van der Waals surface area contributed by atoms with Gasteiger partial charge in [0.05, 0.1) is 0 Å². The first-order chi connectivity index (χ1) is 11.7. The van der Waals surface area contributed by atoms with E-state index < -0.39 is 0 Å². The van der Waals surface area contributed by atoms with Gasteiger partial charge in [0.2, 0.25) is 0 Å². The highest BCUT2D eigenvalue weighted by molar-refractivity contribution is 5.02. The van der Waals surface area contributed by atoms with E-state index in [-0.39, 0.29) is 5.41 Å². The zero-order valence-corrected chi connectivity index (χ0v) is 17.3. The first kappa shape index (κ1) is 23.6. The fourth-order valence-electron chi connectivity index (χ4n) is 3.57. The molecule has 0 aromatic rings. The molecule has 0 nitrogen and oxygen atoms in total. The van der Waals surface area contributed by atoms with Gasteiger partial charge in [-0.15, -0.1) is 12.3 Å². The van der Waals surface area contributed by atoms with Crippen LogP contribution in [-0.2, 0) is 0 Å². The van der Waals surface area contributed by atoms with Crippen molar-refractivity contribution < 1.29 is 0 Å².